The number of aromatic nitrogens is 3. The summed E-state index contributed by atoms with van der Waals surface area (Å²) < 4.78 is 8.51. The van der Waals surface area contributed by atoms with Crippen LogP contribution in [0.2, 0.25) is 0 Å². The molecule has 2 aromatic rings. The fraction of sp³-hybridized carbons (Fsp3) is 0.250. The molecule has 0 unspecified atom stereocenters. The van der Waals surface area contributed by atoms with Crippen LogP contribution < -0.4 is 0 Å². The molecule has 4 nitrogen and oxygen atoms in total. The van der Waals surface area contributed by atoms with Crippen LogP contribution in [0, 0.1) is 6.92 Å². The normalized spacial score (nSPS) is 10.8. The summed E-state index contributed by atoms with van der Waals surface area (Å²) >= 11 is 1.22. The van der Waals surface area contributed by atoms with Gasteiger partial charge in [-0.05, 0) is 6.92 Å². The third-order valence-corrected chi connectivity index (χ3v) is 1.66. The van der Waals surface area contributed by atoms with Gasteiger partial charge in [-0.15, -0.1) is 5.10 Å². The molecule has 0 saturated carbocycles. The topological polar surface area (TPSA) is 51.8 Å². The number of rotatable bonds is 0. The first kappa shape index (κ1) is 4.87. The standard InChI is InChI=1S/C4H3N3OS/c1-2-3-4(8-6-2)9-7-5-3/h1H3. The van der Waals surface area contributed by atoms with Gasteiger partial charge in [0.1, 0.15) is 5.69 Å². The Hall–Kier alpha value is -0.970. The van der Waals surface area contributed by atoms with E-state index in [0.717, 1.165) is 11.2 Å². The van der Waals surface area contributed by atoms with E-state index in [1.165, 1.54) is 11.5 Å². The zero-order valence-electron chi connectivity index (χ0n) is 4.66. The third kappa shape index (κ3) is 0.547. The molecule has 0 amide bonds. The maximum Gasteiger partial charge on any atom is 0.260 e. The Morgan fingerprint density at radius 3 is 3.22 bits per heavy atom. The molecule has 0 atom stereocenters. The van der Waals surface area contributed by atoms with Crippen LogP contribution in [0.15, 0.2) is 4.52 Å². The van der Waals surface area contributed by atoms with Crippen molar-refractivity contribution in [2.45, 2.75) is 6.92 Å². The van der Waals surface area contributed by atoms with Crippen molar-refractivity contribution in [3.05, 3.63) is 5.69 Å². The Morgan fingerprint density at radius 2 is 2.44 bits per heavy atom. The lowest BCUT2D eigenvalue weighted by Gasteiger charge is -1.68. The molecule has 2 aromatic heterocycles. The van der Waals surface area contributed by atoms with E-state index in [0.29, 0.717) is 4.90 Å². The van der Waals surface area contributed by atoms with Crippen LogP contribution >= 0.6 is 11.5 Å². The highest BCUT2D eigenvalue weighted by atomic mass is 32.1. The van der Waals surface area contributed by atoms with Crippen molar-refractivity contribution in [2.75, 3.05) is 0 Å². The molecular weight excluding hydrogens is 138 g/mol. The molecule has 0 radical (unpaired) electrons. The molecule has 2 rings (SSSR count). The average Bonchev–Trinajstić information content (AvgIpc) is 2.35. The van der Waals surface area contributed by atoms with Crippen molar-refractivity contribution in [1.29, 1.82) is 0 Å². The molecule has 0 saturated heterocycles. The second kappa shape index (κ2) is 1.51. The Labute approximate surface area is 54.6 Å². The fourth-order valence-electron chi connectivity index (χ4n) is 0.615. The van der Waals surface area contributed by atoms with E-state index in [2.05, 4.69) is 14.7 Å². The van der Waals surface area contributed by atoms with Crippen molar-refractivity contribution < 1.29 is 4.52 Å². The molecule has 5 heteroatoms. The minimum Gasteiger partial charge on any atom is -0.342 e. The van der Waals surface area contributed by atoms with Gasteiger partial charge >= 0.3 is 0 Å². The number of fused-ring (bicyclic) bond motifs is 1. The van der Waals surface area contributed by atoms with Gasteiger partial charge in [0.05, 0.1) is 0 Å². The molecule has 0 aromatic carbocycles. The summed E-state index contributed by atoms with van der Waals surface area (Å²) in [6.07, 6.45) is 0. The van der Waals surface area contributed by atoms with Crippen molar-refractivity contribution in [3.63, 3.8) is 0 Å². The number of nitrogens with zero attached hydrogens (tertiary/aromatic N) is 3. The monoisotopic (exact) mass is 141 g/mol. The molecule has 2 heterocycles. The lowest BCUT2D eigenvalue weighted by Crippen LogP contribution is -1.70. The van der Waals surface area contributed by atoms with E-state index < -0.39 is 0 Å². The average molecular weight is 141 g/mol. The summed E-state index contributed by atoms with van der Waals surface area (Å²) in [7, 11) is 0. The van der Waals surface area contributed by atoms with E-state index in [9.17, 15) is 0 Å². The molecule has 9 heavy (non-hydrogen) atoms. The van der Waals surface area contributed by atoms with Gasteiger partial charge in [0.25, 0.3) is 4.90 Å². The van der Waals surface area contributed by atoms with Gasteiger partial charge in [0.2, 0.25) is 0 Å². The summed E-state index contributed by atoms with van der Waals surface area (Å²) in [4.78, 5) is 0.701. The molecule has 0 spiro atoms. The quantitative estimate of drug-likeness (QED) is 0.549. The first-order chi connectivity index (χ1) is 4.38. The summed E-state index contributed by atoms with van der Waals surface area (Å²) in [5.74, 6) is 0. The number of hydrogen-bond acceptors (Lipinski definition) is 5. The molecule has 0 aliphatic rings. The summed E-state index contributed by atoms with van der Waals surface area (Å²) in [5, 5.41) is 7.48. The minimum absolute atomic E-state index is 0.701. The summed E-state index contributed by atoms with van der Waals surface area (Å²) in [6.45, 7) is 1.84. The lowest BCUT2D eigenvalue weighted by molar-refractivity contribution is 0.455. The summed E-state index contributed by atoms with van der Waals surface area (Å²) in [5.41, 5.74) is 1.58. The zero-order chi connectivity index (χ0) is 6.27. The van der Waals surface area contributed by atoms with E-state index in [-0.39, 0.29) is 0 Å². The van der Waals surface area contributed by atoms with Gasteiger partial charge in [-0.2, -0.15) is 0 Å². The van der Waals surface area contributed by atoms with E-state index >= 15 is 0 Å². The highest BCUT2D eigenvalue weighted by Crippen LogP contribution is 2.16. The molecular formula is C4H3N3OS. The van der Waals surface area contributed by atoms with Crippen LogP contribution in [-0.2, 0) is 0 Å². The maximum absolute atomic E-state index is 4.83. The van der Waals surface area contributed by atoms with Crippen LogP contribution in [0.4, 0.5) is 0 Å². The van der Waals surface area contributed by atoms with Gasteiger partial charge in [-0.3, -0.25) is 0 Å². The lowest BCUT2D eigenvalue weighted by atomic mass is 10.5. The molecule has 0 fully saturated rings. The molecule has 0 aliphatic heterocycles. The minimum atomic E-state index is 0.701. The Balaban J connectivity index is 2.99. The highest BCUT2D eigenvalue weighted by molar-refractivity contribution is 7.12. The first-order valence-electron chi connectivity index (χ1n) is 2.42. The van der Waals surface area contributed by atoms with Crippen molar-refractivity contribution >= 4 is 21.9 Å². The number of aryl methyl sites for hydroxylation is 1. The highest BCUT2D eigenvalue weighted by Gasteiger charge is 2.05. The zero-order valence-corrected chi connectivity index (χ0v) is 5.47. The van der Waals surface area contributed by atoms with Crippen LogP contribution in [0.3, 0.4) is 0 Å². The van der Waals surface area contributed by atoms with Crippen molar-refractivity contribution in [1.82, 2.24) is 14.7 Å². The Bertz CT molecular complexity index is 325. The second-order valence-corrected chi connectivity index (χ2v) is 2.39. The largest absolute Gasteiger partial charge is 0.342 e. The van der Waals surface area contributed by atoms with Crippen LogP contribution in [0.5, 0.6) is 0 Å². The van der Waals surface area contributed by atoms with E-state index in [1.807, 2.05) is 6.92 Å². The maximum atomic E-state index is 4.83. The van der Waals surface area contributed by atoms with Gasteiger partial charge in [-0.25, -0.2) is 0 Å². The van der Waals surface area contributed by atoms with Gasteiger partial charge in [-0.1, -0.05) is 9.64 Å². The number of hydrogen-bond donors (Lipinski definition) is 0. The first-order valence-corrected chi connectivity index (χ1v) is 3.19. The Kier molecular flexibility index (Phi) is 0.814. The molecule has 46 valence electrons. The predicted molar refractivity (Wildman–Crippen MR) is 32.2 cm³/mol. The van der Waals surface area contributed by atoms with Crippen LogP contribution in [0.25, 0.3) is 10.4 Å². The van der Waals surface area contributed by atoms with Crippen molar-refractivity contribution in [2.24, 2.45) is 0 Å². The smallest absolute Gasteiger partial charge is 0.260 e. The predicted octanol–water partition coefficient (Wildman–Crippen LogP) is 0.988. The van der Waals surface area contributed by atoms with E-state index in [4.69, 9.17) is 4.52 Å². The van der Waals surface area contributed by atoms with Gasteiger partial charge in [0.15, 0.2) is 5.52 Å². The Morgan fingerprint density at radius 1 is 1.56 bits per heavy atom. The summed E-state index contributed by atoms with van der Waals surface area (Å²) in [6, 6.07) is 0. The SMILES string of the molecule is Cc1noc2snnc12. The molecule has 0 N–H and O–H groups in total. The van der Waals surface area contributed by atoms with Crippen molar-refractivity contribution in [3.8, 4) is 0 Å². The third-order valence-electron chi connectivity index (χ3n) is 1.07. The van der Waals surface area contributed by atoms with Gasteiger partial charge < -0.3 is 4.52 Å². The van der Waals surface area contributed by atoms with Crippen LogP contribution in [-0.4, -0.2) is 14.7 Å². The molecule has 0 bridgehead atoms. The second-order valence-electron chi connectivity index (χ2n) is 1.68. The van der Waals surface area contributed by atoms with Crippen LogP contribution in [0.1, 0.15) is 5.69 Å². The fourth-order valence-corrected chi connectivity index (χ4v) is 1.16. The van der Waals surface area contributed by atoms with E-state index in [1.54, 1.807) is 0 Å². The molecule has 0 aliphatic carbocycles. The van der Waals surface area contributed by atoms with Gasteiger partial charge in [0, 0.05) is 11.5 Å².